The number of rotatable bonds is 6. The molecule has 0 fully saturated rings. The fraction of sp³-hybridized carbons (Fsp3) is 0.100. The molecule has 6 rings (SSSR count). The van der Waals surface area contributed by atoms with Gasteiger partial charge in [0.1, 0.15) is 46.3 Å². The monoisotopic (exact) mass is 552 g/mol. The van der Waals surface area contributed by atoms with Crippen LogP contribution in [0, 0.1) is 17.0 Å². The number of amides is 1. The summed E-state index contributed by atoms with van der Waals surface area (Å²) >= 11 is 0. The van der Waals surface area contributed by atoms with Crippen LogP contribution in [0.2, 0.25) is 0 Å². The summed E-state index contributed by atoms with van der Waals surface area (Å²) in [5, 5.41) is 14.5. The smallest absolute Gasteiger partial charge is 0.251 e. The van der Waals surface area contributed by atoms with Crippen molar-refractivity contribution in [2.24, 2.45) is 0 Å². The highest BCUT2D eigenvalue weighted by atomic mass is 19.1. The zero-order valence-electron chi connectivity index (χ0n) is 21.6. The van der Waals surface area contributed by atoms with E-state index in [0.717, 1.165) is 11.6 Å². The van der Waals surface area contributed by atoms with Crippen molar-refractivity contribution in [1.29, 1.82) is 5.41 Å². The van der Waals surface area contributed by atoms with Crippen molar-refractivity contribution >= 4 is 34.2 Å². The predicted octanol–water partition coefficient (Wildman–Crippen LogP) is 4.94. The number of benzene rings is 3. The first-order valence-electron chi connectivity index (χ1n) is 12.6. The van der Waals surface area contributed by atoms with E-state index >= 15 is 0 Å². The molecule has 3 heterocycles. The number of carbonyl (C=O) groups is 1. The third-order valence-corrected chi connectivity index (χ3v) is 6.96. The zero-order valence-corrected chi connectivity index (χ0v) is 21.6. The van der Waals surface area contributed by atoms with Gasteiger partial charge in [-0.25, -0.2) is 18.7 Å². The molecule has 3 aromatic carbocycles. The van der Waals surface area contributed by atoms with E-state index in [-0.39, 0.29) is 56.7 Å². The first kappa shape index (κ1) is 25.8. The maximum Gasteiger partial charge on any atom is 0.251 e. The van der Waals surface area contributed by atoms with E-state index in [1.807, 2.05) is 0 Å². The number of halogens is 2. The number of aromatic nitrogens is 2. The van der Waals surface area contributed by atoms with Crippen LogP contribution in [0.25, 0.3) is 22.1 Å². The van der Waals surface area contributed by atoms with Crippen molar-refractivity contribution in [2.75, 3.05) is 11.1 Å². The van der Waals surface area contributed by atoms with Crippen LogP contribution in [0.1, 0.15) is 45.8 Å². The molecule has 11 heteroatoms. The van der Waals surface area contributed by atoms with Gasteiger partial charge < -0.3 is 20.8 Å². The van der Waals surface area contributed by atoms with E-state index in [0.29, 0.717) is 17.7 Å². The quantitative estimate of drug-likeness (QED) is 0.218. The molecule has 5 N–H and O–H groups in total. The Morgan fingerprint density at radius 1 is 1.10 bits per heavy atom. The van der Waals surface area contributed by atoms with Crippen molar-refractivity contribution < 1.29 is 18.0 Å². The van der Waals surface area contributed by atoms with Crippen LogP contribution in [-0.2, 0) is 6.54 Å². The van der Waals surface area contributed by atoms with Crippen molar-refractivity contribution in [3.8, 4) is 11.1 Å². The molecule has 2 aromatic heterocycles. The molecule has 1 aliphatic rings. The van der Waals surface area contributed by atoms with E-state index in [2.05, 4.69) is 20.6 Å². The minimum Gasteiger partial charge on any atom is -0.458 e. The lowest BCUT2D eigenvalue weighted by atomic mass is 9.97. The van der Waals surface area contributed by atoms with Crippen LogP contribution in [0.15, 0.2) is 76.2 Å². The van der Waals surface area contributed by atoms with Gasteiger partial charge >= 0.3 is 0 Å². The molecule has 1 amide bonds. The van der Waals surface area contributed by atoms with Gasteiger partial charge in [0, 0.05) is 17.7 Å². The summed E-state index contributed by atoms with van der Waals surface area (Å²) < 4.78 is 35.0. The van der Waals surface area contributed by atoms with Gasteiger partial charge in [-0.1, -0.05) is 30.3 Å². The predicted molar refractivity (Wildman–Crippen MR) is 150 cm³/mol. The Morgan fingerprint density at radius 3 is 2.71 bits per heavy atom. The summed E-state index contributed by atoms with van der Waals surface area (Å²) in [4.78, 5) is 34.1. The lowest BCUT2D eigenvalue weighted by Crippen LogP contribution is -2.19. The van der Waals surface area contributed by atoms with Gasteiger partial charge in [0.2, 0.25) is 5.43 Å². The second-order valence-corrected chi connectivity index (χ2v) is 9.57. The second kappa shape index (κ2) is 9.94. The molecule has 204 valence electrons. The number of nitrogen functional groups attached to an aromatic ring is 1. The summed E-state index contributed by atoms with van der Waals surface area (Å²) in [5.74, 6) is -1.30. The molecular weight excluding hydrogens is 530 g/mol. The SMILES string of the molecule is CC(Nc1ncnc(N)c1C(=N)c1ccc2c(c1)C(=O)NC2)c1oc2cccc(F)c2c(=O)c1-c1cccc(F)c1. The van der Waals surface area contributed by atoms with Crippen molar-refractivity contribution in [3.63, 3.8) is 0 Å². The van der Waals surface area contributed by atoms with Crippen LogP contribution < -0.4 is 21.8 Å². The van der Waals surface area contributed by atoms with Gasteiger partial charge in [0.25, 0.3) is 5.91 Å². The lowest BCUT2D eigenvalue weighted by Gasteiger charge is -2.20. The van der Waals surface area contributed by atoms with Gasteiger partial charge in [0.05, 0.1) is 22.9 Å². The van der Waals surface area contributed by atoms with Crippen molar-refractivity contribution in [2.45, 2.75) is 19.5 Å². The van der Waals surface area contributed by atoms with Crippen LogP contribution in [0.3, 0.4) is 0 Å². The Bertz CT molecular complexity index is 1960. The average molecular weight is 553 g/mol. The molecule has 0 saturated carbocycles. The van der Waals surface area contributed by atoms with Crippen LogP contribution in [0.4, 0.5) is 20.4 Å². The molecule has 0 aliphatic carbocycles. The molecule has 1 atom stereocenters. The zero-order chi connectivity index (χ0) is 28.8. The number of nitrogens with zero attached hydrogens (tertiary/aromatic N) is 2. The number of nitrogens with two attached hydrogens (primary N) is 1. The average Bonchev–Trinajstić information content (AvgIpc) is 3.32. The largest absolute Gasteiger partial charge is 0.458 e. The van der Waals surface area contributed by atoms with Gasteiger partial charge in [-0.2, -0.15) is 0 Å². The Morgan fingerprint density at radius 2 is 1.90 bits per heavy atom. The van der Waals surface area contributed by atoms with Gasteiger partial charge in [-0.05, 0) is 48.4 Å². The van der Waals surface area contributed by atoms with E-state index in [9.17, 15) is 18.4 Å². The highest BCUT2D eigenvalue weighted by molar-refractivity contribution is 6.17. The molecule has 1 unspecified atom stereocenters. The van der Waals surface area contributed by atoms with Gasteiger partial charge in [-0.3, -0.25) is 15.0 Å². The first-order chi connectivity index (χ1) is 19.7. The molecule has 9 nitrogen and oxygen atoms in total. The molecule has 0 bridgehead atoms. The number of hydrogen-bond acceptors (Lipinski definition) is 8. The molecule has 0 saturated heterocycles. The second-order valence-electron chi connectivity index (χ2n) is 9.57. The highest BCUT2D eigenvalue weighted by Crippen LogP contribution is 2.33. The van der Waals surface area contributed by atoms with E-state index in [1.54, 1.807) is 25.1 Å². The number of hydrogen-bond donors (Lipinski definition) is 4. The molecular formula is C30H22F2N6O3. The third kappa shape index (κ3) is 4.46. The highest BCUT2D eigenvalue weighted by Gasteiger charge is 2.26. The molecule has 5 aromatic rings. The molecule has 1 aliphatic heterocycles. The fourth-order valence-electron chi connectivity index (χ4n) is 4.98. The van der Waals surface area contributed by atoms with E-state index in [1.165, 1.54) is 42.7 Å². The number of anilines is 2. The topological polar surface area (TPSA) is 147 Å². The summed E-state index contributed by atoms with van der Waals surface area (Å²) in [6, 6.07) is 13.7. The lowest BCUT2D eigenvalue weighted by molar-refractivity contribution is 0.0965. The Labute approximate surface area is 231 Å². The third-order valence-electron chi connectivity index (χ3n) is 6.96. The van der Waals surface area contributed by atoms with Crippen molar-refractivity contribution in [1.82, 2.24) is 15.3 Å². The van der Waals surface area contributed by atoms with Crippen LogP contribution in [0.5, 0.6) is 0 Å². The fourth-order valence-corrected chi connectivity index (χ4v) is 4.98. The Balaban J connectivity index is 1.46. The Hall–Kier alpha value is -5.45. The molecule has 0 radical (unpaired) electrons. The maximum absolute atomic E-state index is 14.7. The molecule has 41 heavy (non-hydrogen) atoms. The van der Waals surface area contributed by atoms with Crippen LogP contribution >= 0.6 is 0 Å². The number of fused-ring (bicyclic) bond motifs is 2. The Kier molecular flexibility index (Phi) is 6.26. The minimum absolute atomic E-state index is 0.0111. The van der Waals surface area contributed by atoms with Crippen molar-refractivity contribution in [3.05, 3.63) is 117 Å². The first-order valence-corrected chi connectivity index (χ1v) is 12.6. The van der Waals surface area contributed by atoms with E-state index < -0.39 is 23.1 Å². The van der Waals surface area contributed by atoms with E-state index in [4.69, 9.17) is 15.6 Å². The summed E-state index contributed by atoms with van der Waals surface area (Å²) in [7, 11) is 0. The standard InChI is InChI=1S/C30H22F2N6O3/c1-14(27-22(15-4-2-5-18(31)10-15)26(39)23-20(32)6-3-7-21(23)41-27)38-29-24(28(34)36-13-37-29)25(33)16-8-9-17-12-35-30(40)19(17)11-16/h2-11,13-14,33H,12H2,1H3,(H,35,40)(H3,34,36,37,38). The summed E-state index contributed by atoms with van der Waals surface area (Å²) in [5.41, 5.74) is 7.59. The normalized spacial score (nSPS) is 13.1. The van der Waals surface area contributed by atoms with Crippen LogP contribution in [-0.4, -0.2) is 21.6 Å². The number of carbonyl (C=O) groups excluding carboxylic acids is 1. The maximum atomic E-state index is 14.7. The molecule has 0 spiro atoms. The minimum atomic E-state index is -0.791. The summed E-state index contributed by atoms with van der Waals surface area (Å²) in [6.45, 7) is 2.09. The van der Waals surface area contributed by atoms with Gasteiger partial charge in [0.15, 0.2) is 0 Å². The number of nitrogens with one attached hydrogen (secondary N) is 3. The summed E-state index contributed by atoms with van der Waals surface area (Å²) in [6.07, 6.45) is 1.22. The van der Waals surface area contributed by atoms with Gasteiger partial charge in [-0.15, -0.1) is 0 Å².